The monoisotopic (exact) mass is 275 g/mol. The van der Waals surface area contributed by atoms with Gasteiger partial charge in [-0.15, -0.1) is 0 Å². The molecule has 106 valence electrons. The summed E-state index contributed by atoms with van der Waals surface area (Å²) in [5.74, 6) is -1.61. The first kappa shape index (κ1) is 14.7. The molecule has 0 saturated heterocycles. The molecule has 1 atom stereocenters. The Labute approximate surface area is 118 Å². The highest BCUT2D eigenvalue weighted by Crippen LogP contribution is 2.25. The zero-order chi connectivity index (χ0) is 14.5. The van der Waals surface area contributed by atoms with Crippen molar-refractivity contribution >= 4 is 0 Å². The fourth-order valence-electron chi connectivity index (χ4n) is 2.16. The lowest BCUT2D eigenvalue weighted by Gasteiger charge is -2.14. The van der Waals surface area contributed by atoms with Crippen LogP contribution in [0.3, 0.4) is 0 Å². The second-order valence-electron chi connectivity index (χ2n) is 4.90. The molecule has 0 heterocycles. The second kappa shape index (κ2) is 6.62. The molecule has 0 aromatic heterocycles. The van der Waals surface area contributed by atoms with Gasteiger partial charge in [-0.3, -0.25) is 0 Å². The number of rotatable bonds is 5. The summed E-state index contributed by atoms with van der Waals surface area (Å²) in [6.45, 7) is 5.17. The van der Waals surface area contributed by atoms with Crippen LogP contribution >= 0.6 is 0 Å². The zero-order valence-corrected chi connectivity index (χ0v) is 11.8. The topological polar surface area (TPSA) is 12.0 Å². The Bertz CT molecular complexity index is 564. The van der Waals surface area contributed by atoms with Crippen molar-refractivity contribution in [2.75, 3.05) is 6.54 Å². The Balaban J connectivity index is 2.22. The van der Waals surface area contributed by atoms with E-state index in [9.17, 15) is 8.78 Å². The highest BCUT2D eigenvalue weighted by Gasteiger charge is 2.10. The maximum absolute atomic E-state index is 13.7. The van der Waals surface area contributed by atoms with Gasteiger partial charge < -0.3 is 5.32 Å². The standard InChI is InChI=1S/C17H19F2N/c1-3-11-20-12(2)13-7-9-14(10-8-13)15-5-4-6-16(18)17(15)19/h4-10,12,20H,3,11H2,1-2H3. The van der Waals surface area contributed by atoms with Gasteiger partial charge in [0.15, 0.2) is 11.6 Å². The first-order chi connectivity index (χ1) is 9.63. The van der Waals surface area contributed by atoms with E-state index in [1.54, 1.807) is 6.07 Å². The molecule has 2 aromatic rings. The molecule has 0 aliphatic carbocycles. The van der Waals surface area contributed by atoms with Gasteiger partial charge in [0.05, 0.1) is 0 Å². The first-order valence-corrected chi connectivity index (χ1v) is 6.91. The van der Waals surface area contributed by atoms with Crippen molar-refractivity contribution in [1.82, 2.24) is 5.32 Å². The molecule has 0 saturated carbocycles. The third-order valence-electron chi connectivity index (χ3n) is 3.37. The van der Waals surface area contributed by atoms with E-state index in [2.05, 4.69) is 19.2 Å². The van der Waals surface area contributed by atoms with Gasteiger partial charge in [0, 0.05) is 11.6 Å². The van der Waals surface area contributed by atoms with Crippen LogP contribution in [0.25, 0.3) is 11.1 Å². The summed E-state index contributed by atoms with van der Waals surface area (Å²) in [7, 11) is 0. The van der Waals surface area contributed by atoms with E-state index in [1.165, 1.54) is 6.07 Å². The summed E-state index contributed by atoms with van der Waals surface area (Å²) in [5.41, 5.74) is 2.12. The summed E-state index contributed by atoms with van der Waals surface area (Å²) in [6, 6.07) is 12.1. The molecule has 0 amide bonds. The summed E-state index contributed by atoms with van der Waals surface area (Å²) in [5, 5.41) is 3.39. The number of hydrogen-bond acceptors (Lipinski definition) is 1. The van der Waals surface area contributed by atoms with Crippen LogP contribution < -0.4 is 5.32 Å². The molecule has 3 heteroatoms. The third kappa shape index (κ3) is 3.23. The van der Waals surface area contributed by atoms with Crippen molar-refractivity contribution in [2.45, 2.75) is 26.3 Å². The minimum Gasteiger partial charge on any atom is -0.310 e. The molecule has 1 nitrogen and oxygen atoms in total. The van der Waals surface area contributed by atoms with E-state index >= 15 is 0 Å². The summed E-state index contributed by atoms with van der Waals surface area (Å²) < 4.78 is 27.0. The van der Waals surface area contributed by atoms with Crippen LogP contribution in [0, 0.1) is 11.6 Å². The Morgan fingerprint density at radius 1 is 1.05 bits per heavy atom. The van der Waals surface area contributed by atoms with Gasteiger partial charge in [-0.05, 0) is 37.1 Å². The molecule has 2 rings (SSSR count). The molecule has 1 unspecified atom stereocenters. The van der Waals surface area contributed by atoms with E-state index in [0.717, 1.165) is 24.6 Å². The third-order valence-corrected chi connectivity index (χ3v) is 3.37. The van der Waals surface area contributed by atoms with E-state index in [0.29, 0.717) is 11.1 Å². The molecular formula is C17H19F2N. The van der Waals surface area contributed by atoms with Crippen LogP contribution in [0.2, 0.25) is 0 Å². The van der Waals surface area contributed by atoms with Crippen molar-refractivity contribution in [1.29, 1.82) is 0 Å². The molecule has 1 N–H and O–H groups in total. The molecular weight excluding hydrogens is 256 g/mol. The SMILES string of the molecule is CCCNC(C)c1ccc(-c2cccc(F)c2F)cc1. The van der Waals surface area contributed by atoms with Crippen LogP contribution in [-0.2, 0) is 0 Å². The second-order valence-corrected chi connectivity index (χ2v) is 4.90. The van der Waals surface area contributed by atoms with Gasteiger partial charge in [0.25, 0.3) is 0 Å². The van der Waals surface area contributed by atoms with Gasteiger partial charge in [-0.2, -0.15) is 0 Å². The zero-order valence-electron chi connectivity index (χ0n) is 11.8. The fourth-order valence-corrected chi connectivity index (χ4v) is 2.16. The summed E-state index contributed by atoms with van der Waals surface area (Å²) in [6.07, 6.45) is 1.08. The first-order valence-electron chi connectivity index (χ1n) is 6.91. The van der Waals surface area contributed by atoms with E-state index in [-0.39, 0.29) is 6.04 Å². The Kier molecular flexibility index (Phi) is 4.85. The summed E-state index contributed by atoms with van der Waals surface area (Å²) in [4.78, 5) is 0. The average Bonchev–Trinajstić information content (AvgIpc) is 2.48. The van der Waals surface area contributed by atoms with Crippen molar-refractivity contribution in [3.8, 4) is 11.1 Å². The van der Waals surface area contributed by atoms with Crippen LogP contribution in [0.4, 0.5) is 8.78 Å². The molecule has 0 bridgehead atoms. The predicted octanol–water partition coefficient (Wildman–Crippen LogP) is 4.69. The van der Waals surface area contributed by atoms with Crippen molar-refractivity contribution < 1.29 is 8.78 Å². The Morgan fingerprint density at radius 3 is 2.40 bits per heavy atom. The van der Waals surface area contributed by atoms with Crippen LogP contribution in [0.1, 0.15) is 31.9 Å². The van der Waals surface area contributed by atoms with Crippen molar-refractivity contribution in [2.24, 2.45) is 0 Å². The number of nitrogens with one attached hydrogen (secondary N) is 1. The minimum absolute atomic E-state index is 0.251. The minimum atomic E-state index is -0.815. The van der Waals surface area contributed by atoms with Gasteiger partial charge >= 0.3 is 0 Å². The molecule has 0 spiro atoms. The van der Waals surface area contributed by atoms with Gasteiger partial charge in [0.2, 0.25) is 0 Å². The predicted molar refractivity (Wildman–Crippen MR) is 78.5 cm³/mol. The molecule has 0 radical (unpaired) electrons. The highest BCUT2D eigenvalue weighted by atomic mass is 19.2. The number of hydrogen-bond donors (Lipinski definition) is 1. The Hall–Kier alpha value is -1.74. The summed E-state index contributed by atoms with van der Waals surface area (Å²) >= 11 is 0. The molecule has 2 aromatic carbocycles. The highest BCUT2D eigenvalue weighted by molar-refractivity contribution is 5.64. The molecule has 0 aliphatic heterocycles. The maximum Gasteiger partial charge on any atom is 0.166 e. The largest absolute Gasteiger partial charge is 0.310 e. The lowest BCUT2D eigenvalue weighted by molar-refractivity contribution is 0.511. The smallest absolute Gasteiger partial charge is 0.166 e. The van der Waals surface area contributed by atoms with Gasteiger partial charge in [0.1, 0.15) is 0 Å². The van der Waals surface area contributed by atoms with E-state index in [1.807, 2.05) is 24.3 Å². The molecule has 20 heavy (non-hydrogen) atoms. The lowest BCUT2D eigenvalue weighted by Crippen LogP contribution is -2.19. The van der Waals surface area contributed by atoms with Gasteiger partial charge in [-0.1, -0.05) is 43.3 Å². The molecule has 0 aliphatic rings. The van der Waals surface area contributed by atoms with Crippen molar-refractivity contribution in [3.63, 3.8) is 0 Å². The van der Waals surface area contributed by atoms with Crippen molar-refractivity contribution in [3.05, 3.63) is 59.7 Å². The lowest BCUT2D eigenvalue weighted by atomic mass is 10.0. The van der Waals surface area contributed by atoms with E-state index < -0.39 is 11.6 Å². The normalized spacial score (nSPS) is 12.4. The van der Waals surface area contributed by atoms with Gasteiger partial charge in [-0.25, -0.2) is 8.78 Å². The maximum atomic E-state index is 13.7. The average molecular weight is 275 g/mol. The van der Waals surface area contributed by atoms with Crippen LogP contribution in [-0.4, -0.2) is 6.54 Å². The quantitative estimate of drug-likeness (QED) is 0.834. The van der Waals surface area contributed by atoms with Crippen LogP contribution in [0.15, 0.2) is 42.5 Å². The Morgan fingerprint density at radius 2 is 1.75 bits per heavy atom. The number of halogens is 2. The fraction of sp³-hybridized carbons (Fsp3) is 0.294. The van der Waals surface area contributed by atoms with E-state index in [4.69, 9.17) is 0 Å². The number of benzene rings is 2. The molecule has 0 fully saturated rings. The van der Waals surface area contributed by atoms with Crippen LogP contribution in [0.5, 0.6) is 0 Å².